The Balaban J connectivity index is 2.02. The van der Waals surface area contributed by atoms with Crippen molar-refractivity contribution >= 4 is 0 Å². The minimum atomic E-state index is -0.261. The Hall–Kier alpha value is -1.81. The molecule has 1 aromatic heterocycles. The number of hydrogen-bond donors (Lipinski definition) is 3. The molecule has 1 aliphatic rings. The van der Waals surface area contributed by atoms with Gasteiger partial charge in [0.2, 0.25) is 0 Å². The number of phenolic OH excluding ortho intramolecular Hbond substituents is 1. The molecule has 1 aromatic carbocycles. The van der Waals surface area contributed by atoms with E-state index >= 15 is 0 Å². The van der Waals surface area contributed by atoms with Gasteiger partial charge in [0.05, 0.1) is 17.4 Å². The van der Waals surface area contributed by atoms with Crippen molar-refractivity contribution in [1.82, 2.24) is 9.97 Å². The van der Waals surface area contributed by atoms with Crippen LogP contribution in [0.25, 0.3) is 11.3 Å². The van der Waals surface area contributed by atoms with Crippen molar-refractivity contribution in [2.24, 2.45) is 5.73 Å². The van der Waals surface area contributed by atoms with Crippen LogP contribution in [0.5, 0.6) is 5.75 Å². The monoisotopic (exact) mass is 215 g/mol. The summed E-state index contributed by atoms with van der Waals surface area (Å²) in [4.78, 5) is 7.45. The van der Waals surface area contributed by atoms with E-state index in [0.29, 0.717) is 0 Å². The highest BCUT2D eigenvalue weighted by atomic mass is 16.3. The highest BCUT2D eigenvalue weighted by molar-refractivity contribution is 5.66. The van der Waals surface area contributed by atoms with Gasteiger partial charge in [0, 0.05) is 5.56 Å². The predicted molar refractivity (Wildman–Crippen MR) is 60.8 cm³/mol. The molecule has 0 atom stereocenters. The van der Waals surface area contributed by atoms with Gasteiger partial charge in [-0.3, -0.25) is 0 Å². The van der Waals surface area contributed by atoms with E-state index in [1.54, 1.807) is 18.3 Å². The summed E-state index contributed by atoms with van der Waals surface area (Å²) in [6.45, 7) is 0. The Labute approximate surface area is 93.1 Å². The number of aromatic hydroxyl groups is 1. The Morgan fingerprint density at radius 3 is 2.75 bits per heavy atom. The lowest BCUT2D eigenvalue weighted by Crippen LogP contribution is -2.20. The maximum atomic E-state index is 9.71. The van der Waals surface area contributed by atoms with Crippen LogP contribution in [0.4, 0.5) is 0 Å². The number of benzene rings is 1. The number of phenols is 1. The summed E-state index contributed by atoms with van der Waals surface area (Å²) in [5, 5.41) is 9.71. The van der Waals surface area contributed by atoms with Crippen molar-refractivity contribution < 1.29 is 5.11 Å². The number of aromatic amines is 1. The van der Waals surface area contributed by atoms with Crippen LogP contribution in [0.15, 0.2) is 30.5 Å². The maximum absolute atomic E-state index is 9.71. The van der Waals surface area contributed by atoms with E-state index in [0.717, 1.165) is 29.9 Å². The van der Waals surface area contributed by atoms with E-state index in [9.17, 15) is 5.11 Å². The summed E-state index contributed by atoms with van der Waals surface area (Å²) in [5.74, 6) is 1.06. The molecular formula is C12H13N3O. The third-order valence-corrected chi connectivity index (χ3v) is 3.03. The first kappa shape index (κ1) is 9.42. The van der Waals surface area contributed by atoms with Crippen molar-refractivity contribution in [1.29, 1.82) is 0 Å². The molecule has 16 heavy (non-hydrogen) atoms. The summed E-state index contributed by atoms with van der Waals surface area (Å²) in [6.07, 6.45) is 3.67. The second-order valence-electron chi connectivity index (χ2n) is 4.32. The van der Waals surface area contributed by atoms with Gasteiger partial charge in [-0.25, -0.2) is 4.98 Å². The molecule has 1 fully saturated rings. The zero-order valence-electron chi connectivity index (χ0n) is 8.77. The van der Waals surface area contributed by atoms with Crippen LogP contribution in [0, 0.1) is 0 Å². The molecule has 3 rings (SSSR count). The van der Waals surface area contributed by atoms with E-state index < -0.39 is 0 Å². The van der Waals surface area contributed by atoms with Crippen molar-refractivity contribution in [3.63, 3.8) is 0 Å². The standard InChI is InChI=1S/C12H13N3O/c13-12(5-6-12)11-14-7-9(15-11)8-3-1-2-4-10(8)16/h1-4,7,16H,5-6,13H2,(H,14,15). The SMILES string of the molecule is NC1(c2ncc(-c3ccccc3O)[nH]2)CC1. The molecule has 0 spiro atoms. The summed E-state index contributed by atoms with van der Waals surface area (Å²) in [5.41, 5.74) is 7.34. The largest absolute Gasteiger partial charge is 0.507 e. The molecule has 0 radical (unpaired) electrons. The minimum absolute atomic E-state index is 0.250. The van der Waals surface area contributed by atoms with E-state index in [1.807, 2.05) is 12.1 Å². The van der Waals surface area contributed by atoms with Crippen molar-refractivity contribution in [2.45, 2.75) is 18.4 Å². The van der Waals surface area contributed by atoms with Crippen LogP contribution in [0.3, 0.4) is 0 Å². The van der Waals surface area contributed by atoms with Gasteiger partial charge in [-0.05, 0) is 25.0 Å². The molecule has 0 aliphatic heterocycles. The predicted octanol–water partition coefficient (Wildman–Crippen LogP) is 1.73. The van der Waals surface area contributed by atoms with E-state index in [4.69, 9.17) is 5.73 Å². The fourth-order valence-corrected chi connectivity index (χ4v) is 1.78. The van der Waals surface area contributed by atoms with Gasteiger partial charge >= 0.3 is 0 Å². The molecular weight excluding hydrogens is 202 g/mol. The highest BCUT2D eigenvalue weighted by Crippen LogP contribution is 2.41. The van der Waals surface area contributed by atoms with Crippen molar-refractivity contribution in [2.75, 3.05) is 0 Å². The lowest BCUT2D eigenvalue weighted by atomic mass is 10.1. The molecule has 0 amide bonds. The molecule has 0 unspecified atom stereocenters. The first-order valence-electron chi connectivity index (χ1n) is 5.32. The first-order chi connectivity index (χ1) is 7.69. The summed E-state index contributed by atoms with van der Waals surface area (Å²) >= 11 is 0. The molecule has 4 nitrogen and oxygen atoms in total. The lowest BCUT2D eigenvalue weighted by molar-refractivity contribution is 0.477. The zero-order valence-corrected chi connectivity index (χ0v) is 8.77. The number of nitrogens with one attached hydrogen (secondary N) is 1. The molecule has 1 heterocycles. The smallest absolute Gasteiger partial charge is 0.126 e. The number of para-hydroxylation sites is 1. The molecule has 2 aromatic rings. The topological polar surface area (TPSA) is 74.9 Å². The van der Waals surface area contributed by atoms with E-state index in [2.05, 4.69) is 9.97 Å². The number of hydrogen-bond acceptors (Lipinski definition) is 3. The molecule has 0 saturated heterocycles. The van der Waals surface area contributed by atoms with Gasteiger partial charge in [0.25, 0.3) is 0 Å². The van der Waals surface area contributed by atoms with Crippen LogP contribution in [-0.2, 0) is 5.54 Å². The summed E-state index contributed by atoms with van der Waals surface area (Å²) in [6, 6.07) is 7.18. The maximum Gasteiger partial charge on any atom is 0.126 e. The third kappa shape index (κ3) is 1.39. The van der Waals surface area contributed by atoms with Crippen LogP contribution in [0.2, 0.25) is 0 Å². The van der Waals surface area contributed by atoms with Crippen LogP contribution in [-0.4, -0.2) is 15.1 Å². The molecule has 4 N–H and O–H groups in total. The average molecular weight is 215 g/mol. The first-order valence-corrected chi connectivity index (χ1v) is 5.32. The second kappa shape index (κ2) is 3.09. The average Bonchev–Trinajstić information content (AvgIpc) is 2.84. The van der Waals surface area contributed by atoms with Crippen LogP contribution < -0.4 is 5.73 Å². The number of rotatable bonds is 2. The Bertz CT molecular complexity index is 529. The Morgan fingerprint density at radius 2 is 2.06 bits per heavy atom. The van der Waals surface area contributed by atoms with E-state index in [1.165, 1.54) is 0 Å². The van der Waals surface area contributed by atoms with Gasteiger partial charge < -0.3 is 15.8 Å². The van der Waals surface area contributed by atoms with E-state index in [-0.39, 0.29) is 11.3 Å². The van der Waals surface area contributed by atoms with Gasteiger partial charge in [-0.1, -0.05) is 12.1 Å². The van der Waals surface area contributed by atoms with Crippen LogP contribution in [0.1, 0.15) is 18.7 Å². The summed E-state index contributed by atoms with van der Waals surface area (Å²) < 4.78 is 0. The van der Waals surface area contributed by atoms with Gasteiger partial charge in [0.15, 0.2) is 0 Å². The zero-order chi connectivity index (χ0) is 11.2. The minimum Gasteiger partial charge on any atom is -0.507 e. The normalized spacial score (nSPS) is 17.3. The highest BCUT2D eigenvalue weighted by Gasteiger charge is 2.42. The number of H-pyrrole nitrogens is 1. The summed E-state index contributed by atoms with van der Waals surface area (Å²) in [7, 11) is 0. The molecule has 1 aliphatic carbocycles. The van der Waals surface area contributed by atoms with Gasteiger partial charge in [-0.15, -0.1) is 0 Å². The van der Waals surface area contributed by atoms with Crippen molar-refractivity contribution in [3.8, 4) is 17.0 Å². The number of nitrogens with zero attached hydrogens (tertiary/aromatic N) is 1. The molecule has 82 valence electrons. The quantitative estimate of drug-likeness (QED) is 0.714. The fourth-order valence-electron chi connectivity index (χ4n) is 1.78. The number of imidazole rings is 1. The Morgan fingerprint density at radius 1 is 1.31 bits per heavy atom. The van der Waals surface area contributed by atoms with Crippen molar-refractivity contribution in [3.05, 3.63) is 36.3 Å². The van der Waals surface area contributed by atoms with Crippen LogP contribution >= 0.6 is 0 Å². The second-order valence-corrected chi connectivity index (χ2v) is 4.32. The fraction of sp³-hybridized carbons (Fsp3) is 0.250. The number of aromatic nitrogens is 2. The lowest BCUT2D eigenvalue weighted by Gasteiger charge is -2.03. The molecule has 1 saturated carbocycles. The molecule has 4 heteroatoms. The van der Waals surface area contributed by atoms with Gasteiger partial charge in [-0.2, -0.15) is 0 Å². The van der Waals surface area contributed by atoms with Gasteiger partial charge in [0.1, 0.15) is 11.6 Å². The molecule has 0 bridgehead atoms. The number of nitrogens with two attached hydrogens (primary N) is 1. The third-order valence-electron chi connectivity index (χ3n) is 3.03. The Kier molecular flexibility index (Phi) is 1.82.